The highest BCUT2D eigenvalue weighted by Gasteiger charge is 2.06. The topological polar surface area (TPSA) is 20.2 Å². The number of halogens is 2. The Bertz CT molecular complexity index is 484. The highest BCUT2D eigenvalue weighted by atomic mass is 79.9. The zero-order chi connectivity index (χ0) is 10.8. The normalized spacial score (nSPS) is 13.0. The minimum Gasteiger partial charge on any atom is -0.387 e. The highest BCUT2D eigenvalue weighted by Crippen LogP contribution is 2.24. The lowest BCUT2D eigenvalue weighted by molar-refractivity contribution is 0.203. The van der Waals surface area contributed by atoms with E-state index in [9.17, 15) is 5.11 Å². The Balaban J connectivity index is 2.52. The molecule has 1 N–H and O–H groups in total. The summed E-state index contributed by atoms with van der Waals surface area (Å²) in [7, 11) is 0. The lowest BCUT2D eigenvalue weighted by Gasteiger charge is -2.08. The standard InChI is InChI=1S/C12H10BrClO/c13-11-4-3-8-5-10(12(15)7-14)2-1-9(8)6-11/h1-6,12,15H,7H2/t12-/m1/s1. The highest BCUT2D eigenvalue weighted by molar-refractivity contribution is 9.10. The molecular weight excluding hydrogens is 275 g/mol. The van der Waals surface area contributed by atoms with E-state index in [0.29, 0.717) is 0 Å². The van der Waals surface area contributed by atoms with Crippen molar-refractivity contribution < 1.29 is 5.11 Å². The summed E-state index contributed by atoms with van der Waals surface area (Å²) in [6, 6.07) is 11.9. The van der Waals surface area contributed by atoms with E-state index in [1.807, 2.05) is 36.4 Å². The van der Waals surface area contributed by atoms with Gasteiger partial charge >= 0.3 is 0 Å². The molecule has 15 heavy (non-hydrogen) atoms. The number of rotatable bonds is 2. The molecule has 0 fully saturated rings. The molecule has 0 spiro atoms. The summed E-state index contributed by atoms with van der Waals surface area (Å²) in [5.41, 5.74) is 0.861. The number of hydrogen-bond acceptors (Lipinski definition) is 1. The molecule has 3 heteroatoms. The van der Waals surface area contributed by atoms with Crippen LogP contribution in [0, 0.1) is 0 Å². The molecule has 2 rings (SSSR count). The van der Waals surface area contributed by atoms with Crippen LogP contribution in [0.3, 0.4) is 0 Å². The first-order valence-corrected chi connectivity index (χ1v) is 5.96. The number of fused-ring (bicyclic) bond motifs is 1. The third-order valence-corrected chi connectivity index (χ3v) is 3.14. The van der Waals surface area contributed by atoms with Crippen molar-refractivity contribution in [1.82, 2.24) is 0 Å². The third-order valence-electron chi connectivity index (χ3n) is 2.36. The molecule has 0 saturated heterocycles. The molecule has 1 nitrogen and oxygen atoms in total. The smallest absolute Gasteiger partial charge is 0.0925 e. The van der Waals surface area contributed by atoms with E-state index in [1.165, 1.54) is 0 Å². The quantitative estimate of drug-likeness (QED) is 0.830. The Hall–Kier alpha value is -0.570. The minimum absolute atomic E-state index is 0.224. The van der Waals surface area contributed by atoms with Gasteiger partial charge < -0.3 is 5.11 Å². The number of aliphatic hydroxyl groups excluding tert-OH is 1. The van der Waals surface area contributed by atoms with E-state index >= 15 is 0 Å². The molecule has 0 radical (unpaired) electrons. The van der Waals surface area contributed by atoms with Gasteiger partial charge in [-0.05, 0) is 34.5 Å². The van der Waals surface area contributed by atoms with E-state index in [2.05, 4.69) is 15.9 Å². The predicted molar refractivity (Wildman–Crippen MR) is 67.3 cm³/mol. The zero-order valence-electron chi connectivity index (χ0n) is 7.95. The molecule has 0 amide bonds. The van der Waals surface area contributed by atoms with Crippen molar-refractivity contribution in [3.63, 3.8) is 0 Å². The molecule has 0 aliphatic carbocycles. The predicted octanol–water partition coefficient (Wildman–Crippen LogP) is 3.87. The molecule has 0 heterocycles. The first-order valence-electron chi connectivity index (χ1n) is 4.64. The molecule has 0 bridgehead atoms. The second kappa shape index (κ2) is 4.52. The van der Waals surface area contributed by atoms with Crippen LogP contribution in [0.25, 0.3) is 10.8 Å². The monoisotopic (exact) mass is 284 g/mol. The van der Waals surface area contributed by atoms with Crippen LogP contribution < -0.4 is 0 Å². The minimum atomic E-state index is -0.584. The van der Waals surface area contributed by atoms with Gasteiger partial charge in [0.1, 0.15) is 0 Å². The molecule has 0 aromatic heterocycles. The Labute approximate surface area is 102 Å². The Morgan fingerprint density at radius 3 is 2.53 bits per heavy atom. The second-order valence-electron chi connectivity index (χ2n) is 3.42. The third kappa shape index (κ3) is 2.33. The number of hydrogen-bond donors (Lipinski definition) is 1. The Morgan fingerprint density at radius 1 is 1.13 bits per heavy atom. The van der Waals surface area contributed by atoms with Crippen molar-refractivity contribution in [2.24, 2.45) is 0 Å². The summed E-state index contributed by atoms with van der Waals surface area (Å²) in [5, 5.41) is 11.9. The van der Waals surface area contributed by atoms with Crippen molar-refractivity contribution >= 4 is 38.3 Å². The maximum Gasteiger partial charge on any atom is 0.0925 e. The molecule has 1 atom stereocenters. The first-order chi connectivity index (χ1) is 7.20. The maximum atomic E-state index is 9.60. The molecule has 78 valence electrons. The molecule has 0 aliphatic rings. The number of alkyl halides is 1. The van der Waals surface area contributed by atoms with Gasteiger partial charge in [-0.2, -0.15) is 0 Å². The molecule has 2 aromatic carbocycles. The Morgan fingerprint density at radius 2 is 1.80 bits per heavy atom. The summed E-state index contributed by atoms with van der Waals surface area (Å²) in [6.07, 6.45) is -0.584. The number of benzene rings is 2. The fraction of sp³-hybridized carbons (Fsp3) is 0.167. The average molecular weight is 286 g/mol. The van der Waals surface area contributed by atoms with Gasteiger partial charge in [0.25, 0.3) is 0 Å². The van der Waals surface area contributed by atoms with Crippen molar-refractivity contribution in [2.45, 2.75) is 6.10 Å². The van der Waals surface area contributed by atoms with Gasteiger partial charge in [0.05, 0.1) is 12.0 Å². The molecule has 2 aromatic rings. The van der Waals surface area contributed by atoms with Crippen LogP contribution in [0.1, 0.15) is 11.7 Å². The van der Waals surface area contributed by atoms with Crippen molar-refractivity contribution in [2.75, 3.05) is 5.88 Å². The molecule has 0 unspecified atom stereocenters. The van der Waals surface area contributed by atoms with Gasteiger partial charge in [0.2, 0.25) is 0 Å². The fourth-order valence-corrected chi connectivity index (χ4v) is 2.09. The van der Waals surface area contributed by atoms with Gasteiger partial charge in [-0.25, -0.2) is 0 Å². The second-order valence-corrected chi connectivity index (χ2v) is 4.65. The SMILES string of the molecule is O[C@H](CCl)c1ccc2cc(Br)ccc2c1. The summed E-state index contributed by atoms with van der Waals surface area (Å²) in [6.45, 7) is 0. The van der Waals surface area contributed by atoms with Crippen LogP contribution in [0.5, 0.6) is 0 Å². The van der Waals surface area contributed by atoms with Gasteiger partial charge in [-0.3, -0.25) is 0 Å². The summed E-state index contributed by atoms with van der Waals surface area (Å²) in [5.74, 6) is 0.224. The molecule has 0 aliphatic heterocycles. The van der Waals surface area contributed by atoms with Crippen LogP contribution >= 0.6 is 27.5 Å². The number of aliphatic hydroxyl groups is 1. The van der Waals surface area contributed by atoms with Crippen molar-refractivity contribution in [1.29, 1.82) is 0 Å². The fourth-order valence-electron chi connectivity index (χ4n) is 1.53. The summed E-state index contributed by atoms with van der Waals surface area (Å²) < 4.78 is 1.06. The van der Waals surface area contributed by atoms with Gasteiger partial charge in [-0.15, -0.1) is 11.6 Å². The lowest BCUT2D eigenvalue weighted by Crippen LogP contribution is -1.97. The van der Waals surface area contributed by atoms with Crippen LogP contribution in [-0.2, 0) is 0 Å². The van der Waals surface area contributed by atoms with E-state index < -0.39 is 6.10 Å². The van der Waals surface area contributed by atoms with Crippen LogP contribution in [-0.4, -0.2) is 11.0 Å². The van der Waals surface area contributed by atoms with Gasteiger partial charge in [0, 0.05) is 4.47 Å². The zero-order valence-corrected chi connectivity index (χ0v) is 10.3. The summed E-state index contributed by atoms with van der Waals surface area (Å²) >= 11 is 9.03. The molecule has 0 saturated carbocycles. The average Bonchev–Trinajstić information content (AvgIpc) is 2.27. The lowest BCUT2D eigenvalue weighted by atomic mass is 10.0. The van der Waals surface area contributed by atoms with Gasteiger partial charge in [-0.1, -0.05) is 34.1 Å². The van der Waals surface area contributed by atoms with Crippen molar-refractivity contribution in [3.05, 3.63) is 46.4 Å². The van der Waals surface area contributed by atoms with Crippen LogP contribution in [0.2, 0.25) is 0 Å². The molecular formula is C12H10BrClO. The van der Waals surface area contributed by atoms with Crippen molar-refractivity contribution in [3.8, 4) is 0 Å². The van der Waals surface area contributed by atoms with Crippen LogP contribution in [0.15, 0.2) is 40.9 Å². The summed E-state index contributed by atoms with van der Waals surface area (Å²) in [4.78, 5) is 0. The van der Waals surface area contributed by atoms with Gasteiger partial charge in [0.15, 0.2) is 0 Å². The maximum absolute atomic E-state index is 9.60. The van der Waals surface area contributed by atoms with E-state index in [-0.39, 0.29) is 5.88 Å². The van der Waals surface area contributed by atoms with E-state index in [1.54, 1.807) is 0 Å². The largest absolute Gasteiger partial charge is 0.387 e. The van der Waals surface area contributed by atoms with E-state index in [4.69, 9.17) is 11.6 Å². The Kier molecular flexibility index (Phi) is 3.29. The van der Waals surface area contributed by atoms with E-state index in [0.717, 1.165) is 20.8 Å². The first kappa shape index (κ1) is 10.9. The van der Waals surface area contributed by atoms with Crippen LogP contribution in [0.4, 0.5) is 0 Å².